The second-order valence-electron chi connectivity index (χ2n) is 3.37. The Hall–Kier alpha value is -0.120. The Kier molecular flexibility index (Phi) is 3.65. The van der Waals surface area contributed by atoms with Gasteiger partial charge in [0.25, 0.3) is 0 Å². The molecule has 0 saturated carbocycles. The molecule has 3 heteroatoms. The van der Waals surface area contributed by atoms with Crippen molar-refractivity contribution >= 4 is 43.2 Å². The zero-order valence-corrected chi connectivity index (χ0v) is 12.2. The summed E-state index contributed by atoms with van der Waals surface area (Å²) >= 11 is 9.06. The average molecular weight is 346 g/mol. The van der Waals surface area contributed by atoms with E-state index < -0.39 is 0 Å². The molecule has 0 spiro atoms. The zero-order valence-electron chi connectivity index (χ0n) is 8.21. The van der Waals surface area contributed by atoms with Crippen LogP contribution in [0.25, 0.3) is 0 Å². The standard InChI is InChI=1S/C12H10Br2S/c1-8-5-6-11(15-8)12(14)9-3-2-4-10(13)7-9/h2-7,12H,1H3. The van der Waals surface area contributed by atoms with Crippen molar-refractivity contribution < 1.29 is 0 Å². The van der Waals surface area contributed by atoms with Gasteiger partial charge in [-0.25, -0.2) is 0 Å². The maximum absolute atomic E-state index is 3.73. The molecule has 1 aromatic carbocycles. The van der Waals surface area contributed by atoms with Gasteiger partial charge < -0.3 is 0 Å². The van der Waals surface area contributed by atoms with Crippen LogP contribution in [0.5, 0.6) is 0 Å². The Labute approximate surface area is 111 Å². The fourth-order valence-corrected chi connectivity index (χ4v) is 3.44. The highest BCUT2D eigenvalue weighted by molar-refractivity contribution is 9.10. The molecule has 0 aliphatic heterocycles. The molecule has 15 heavy (non-hydrogen) atoms. The number of rotatable bonds is 2. The van der Waals surface area contributed by atoms with E-state index in [0.717, 1.165) is 4.47 Å². The molecule has 0 N–H and O–H groups in total. The van der Waals surface area contributed by atoms with E-state index in [4.69, 9.17) is 0 Å². The van der Waals surface area contributed by atoms with E-state index >= 15 is 0 Å². The predicted molar refractivity (Wildman–Crippen MR) is 74.0 cm³/mol. The Morgan fingerprint density at radius 3 is 2.60 bits per heavy atom. The normalized spacial score (nSPS) is 12.7. The average Bonchev–Trinajstić information content (AvgIpc) is 2.64. The molecular weight excluding hydrogens is 336 g/mol. The van der Waals surface area contributed by atoms with Crippen LogP contribution in [0.3, 0.4) is 0 Å². The molecule has 0 amide bonds. The number of hydrogen-bond donors (Lipinski definition) is 0. The number of alkyl halides is 1. The molecular formula is C12H10Br2S. The first kappa shape index (κ1) is 11.4. The number of aryl methyl sites for hydroxylation is 1. The summed E-state index contributed by atoms with van der Waals surface area (Å²) in [5.74, 6) is 0. The second kappa shape index (κ2) is 4.81. The number of thiophene rings is 1. The molecule has 2 aromatic rings. The summed E-state index contributed by atoms with van der Waals surface area (Å²) in [6.07, 6.45) is 0. The van der Waals surface area contributed by atoms with Gasteiger partial charge in [-0.1, -0.05) is 44.0 Å². The van der Waals surface area contributed by atoms with E-state index in [2.05, 4.69) is 69.1 Å². The van der Waals surface area contributed by atoms with Crippen LogP contribution in [-0.4, -0.2) is 0 Å². The lowest BCUT2D eigenvalue weighted by atomic mass is 10.1. The Balaban J connectivity index is 2.32. The van der Waals surface area contributed by atoms with E-state index in [1.54, 1.807) is 0 Å². The third-order valence-corrected chi connectivity index (χ3v) is 5.04. The summed E-state index contributed by atoms with van der Waals surface area (Å²) in [6, 6.07) is 12.7. The molecule has 1 unspecified atom stereocenters. The highest BCUT2D eigenvalue weighted by Crippen LogP contribution is 2.35. The molecule has 0 saturated heterocycles. The van der Waals surface area contributed by atoms with Crippen LogP contribution in [0.1, 0.15) is 20.1 Å². The van der Waals surface area contributed by atoms with Crippen LogP contribution in [-0.2, 0) is 0 Å². The van der Waals surface area contributed by atoms with Gasteiger partial charge in [-0.05, 0) is 36.8 Å². The number of halogens is 2. The molecule has 2 rings (SSSR count). The van der Waals surface area contributed by atoms with Gasteiger partial charge in [0.05, 0.1) is 4.83 Å². The van der Waals surface area contributed by atoms with Crippen LogP contribution >= 0.6 is 43.2 Å². The van der Waals surface area contributed by atoms with Gasteiger partial charge in [-0.2, -0.15) is 0 Å². The fraction of sp³-hybridized carbons (Fsp3) is 0.167. The van der Waals surface area contributed by atoms with Crippen molar-refractivity contribution in [1.29, 1.82) is 0 Å². The summed E-state index contributed by atoms with van der Waals surface area (Å²) < 4.78 is 1.12. The third kappa shape index (κ3) is 2.71. The zero-order chi connectivity index (χ0) is 10.8. The quantitative estimate of drug-likeness (QED) is 0.647. The largest absolute Gasteiger partial charge is 0.144 e. The minimum Gasteiger partial charge on any atom is -0.144 e. The minimum atomic E-state index is 0.300. The molecule has 1 heterocycles. The van der Waals surface area contributed by atoms with E-state index in [1.807, 2.05) is 17.4 Å². The molecule has 1 atom stereocenters. The first-order chi connectivity index (χ1) is 7.16. The summed E-state index contributed by atoms with van der Waals surface area (Å²) in [5, 5.41) is 0. The Morgan fingerprint density at radius 2 is 2.00 bits per heavy atom. The van der Waals surface area contributed by atoms with Crippen LogP contribution in [0.15, 0.2) is 40.9 Å². The minimum absolute atomic E-state index is 0.300. The summed E-state index contributed by atoms with van der Waals surface area (Å²) in [5.41, 5.74) is 1.28. The third-order valence-electron chi connectivity index (χ3n) is 2.15. The smallest absolute Gasteiger partial charge is 0.0738 e. The first-order valence-electron chi connectivity index (χ1n) is 4.62. The van der Waals surface area contributed by atoms with Crippen molar-refractivity contribution in [3.05, 3.63) is 56.2 Å². The lowest BCUT2D eigenvalue weighted by molar-refractivity contribution is 1.22. The molecule has 0 nitrogen and oxygen atoms in total. The Bertz CT molecular complexity index is 462. The van der Waals surface area contributed by atoms with E-state index in [1.165, 1.54) is 15.3 Å². The first-order valence-corrected chi connectivity index (χ1v) is 7.15. The molecule has 1 aromatic heterocycles. The second-order valence-corrected chi connectivity index (χ2v) is 6.52. The lowest BCUT2D eigenvalue weighted by Crippen LogP contribution is -1.88. The van der Waals surface area contributed by atoms with Crippen molar-refractivity contribution in [2.75, 3.05) is 0 Å². The van der Waals surface area contributed by atoms with E-state index in [-0.39, 0.29) is 0 Å². The van der Waals surface area contributed by atoms with Crippen molar-refractivity contribution in [3.8, 4) is 0 Å². The molecule has 78 valence electrons. The number of hydrogen-bond acceptors (Lipinski definition) is 1. The number of benzene rings is 1. The Morgan fingerprint density at radius 1 is 1.20 bits per heavy atom. The van der Waals surface area contributed by atoms with E-state index in [9.17, 15) is 0 Å². The van der Waals surface area contributed by atoms with E-state index in [0.29, 0.717) is 4.83 Å². The highest BCUT2D eigenvalue weighted by Gasteiger charge is 2.11. The van der Waals surface area contributed by atoms with Gasteiger partial charge in [-0.3, -0.25) is 0 Å². The lowest BCUT2D eigenvalue weighted by Gasteiger charge is -2.08. The predicted octanol–water partition coefficient (Wildman–Crippen LogP) is 5.30. The van der Waals surface area contributed by atoms with Crippen LogP contribution in [0, 0.1) is 6.92 Å². The molecule has 0 aliphatic rings. The molecule has 0 fully saturated rings. The van der Waals surface area contributed by atoms with Crippen molar-refractivity contribution in [3.63, 3.8) is 0 Å². The SMILES string of the molecule is Cc1ccc(C(Br)c2cccc(Br)c2)s1. The van der Waals surface area contributed by atoms with Crippen molar-refractivity contribution in [1.82, 2.24) is 0 Å². The maximum atomic E-state index is 3.73. The highest BCUT2D eigenvalue weighted by atomic mass is 79.9. The summed E-state index contributed by atoms with van der Waals surface area (Å²) in [6.45, 7) is 2.13. The van der Waals surface area contributed by atoms with Gasteiger partial charge in [0, 0.05) is 14.2 Å². The van der Waals surface area contributed by atoms with Crippen molar-refractivity contribution in [2.24, 2.45) is 0 Å². The fourth-order valence-electron chi connectivity index (χ4n) is 1.42. The van der Waals surface area contributed by atoms with Gasteiger partial charge in [-0.15, -0.1) is 11.3 Å². The van der Waals surface area contributed by atoms with Crippen LogP contribution in [0.4, 0.5) is 0 Å². The van der Waals surface area contributed by atoms with Gasteiger partial charge in [0.15, 0.2) is 0 Å². The topological polar surface area (TPSA) is 0 Å². The van der Waals surface area contributed by atoms with Gasteiger partial charge in [0.2, 0.25) is 0 Å². The molecule has 0 aliphatic carbocycles. The molecule has 0 radical (unpaired) electrons. The summed E-state index contributed by atoms with van der Waals surface area (Å²) in [4.78, 5) is 3.00. The molecule has 0 bridgehead atoms. The summed E-state index contributed by atoms with van der Waals surface area (Å²) in [7, 11) is 0. The van der Waals surface area contributed by atoms with Crippen LogP contribution < -0.4 is 0 Å². The van der Waals surface area contributed by atoms with Crippen LogP contribution in [0.2, 0.25) is 0 Å². The van der Waals surface area contributed by atoms with Crippen molar-refractivity contribution in [2.45, 2.75) is 11.8 Å². The van der Waals surface area contributed by atoms with Gasteiger partial charge >= 0.3 is 0 Å². The van der Waals surface area contributed by atoms with Gasteiger partial charge in [0.1, 0.15) is 0 Å². The maximum Gasteiger partial charge on any atom is 0.0738 e. The monoisotopic (exact) mass is 344 g/mol.